The summed E-state index contributed by atoms with van der Waals surface area (Å²) in [6, 6.07) is 8.51. The predicted octanol–water partition coefficient (Wildman–Crippen LogP) is -0.355. The van der Waals surface area contributed by atoms with E-state index >= 15 is 0 Å². The van der Waals surface area contributed by atoms with E-state index in [1.807, 2.05) is 6.07 Å². The van der Waals surface area contributed by atoms with Gasteiger partial charge in [0.25, 0.3) is 0 Å². The molecule has 0 fully saturated rings. The average molecular weight is 205 g/mol. The highest BCUT2D eigenvalue weighted by Crippen LogP contribution is 1.95. The molecule has 0 aliphatic rings. The molecule has 0 heterocycles. The van der Waals surface area contributed by atoms with Gasteiger partial charge in [0.1, 0.15) is 0 Å². The molecule has 0 bridgehead atoms. The molecular formula is C10H12BNO3. The maximum Gasteiger partial charge on any atom is 0.491 e. The van der Waals surface area contributed by atoms with Crippen LogP contribution >= 0.6 is 0 Å². The van der Waals surface area contributed by atoms with E-state index < -0.39 is 7.12 Å². The topological polar surface area (TPSA) is 73.5 Å². The monoisotopic (exact) mass is 205 g/mol. The van der Waals surface area contributed by atoms with Crippen molar-refractivity contribution in [2.24, 2.45) is 0 Å². The molecule has 1 rings (SSSR count). The number of benzene rings is 1. The lowest BCUT2D eigenvalue weighted by atomic mass is 9.79. The zero-order valence-electron chi connectivity index (χ0n) is 8.26. The van der Waals surface area contributed by atoms with Gasteiger partial charge < -0.3 is 14.8 Å². The molecule has 0 saturated heterocycles. The molecule has 15 heavy (non-hydrogen) atoms. The largest absolute Gasteiger partial charge is 0.491 e. The third-order valence-electron chi connectivity index (χ3n) is 1.90. The molecule has 0 aromatic heterocycles. The zero-order valence-corrected chi connectivity index (χ0v) is 8.26. The minimum absolute atomic E-state index is 0.0418. The van der Waals surface area contributed by atoms with Gasteiger partial charge in [-0.05, 0) is 24.0 Å². The van der Waals surface area contributed by atoms with Crippen molar-refractivity contribution in [2.45, 2.75) is 6.42 Å². The van der Waals surface area contributed by atoms with Crippen LogP contribution in [0.1, 0.15) is 12.0 Å². The number of rotatable bonds is 5. The molecule has 4 nitrogen and oxygen atoms in total. The van der Waals surface area contributed by atoms with Crippen molar-refractivity contribution in [1.82, 2.24) is 0 Å². The van der Waals surface area contributed by atoms with Gasteiger partial charge in [0.2, 0.25) is 0 Å². The molecule has 0 amide bonds. The Bertz CT molecular complexity index is 334. The van der Waals surface area contributed by atoms with E-state index in [1.165, 1.54) is 0 Å². The number of nitrogens with zero attached hydrogens (tertiary/aromatic N) is 1. The first-order valence-electron chi connectivity index (χ1n) is 4.68. The summed E-state index contributed by atoms with van der Waals surface area (Å²) in [5, 5.41) is 26.6. The molecule has 0 saturated carbocycles. The van der Waals surface area contributed by atoms with Gasteiger partial charge in [-0.1, -0.05) is 12.1 Å². The smallest absolute Gasteiger partial charge is 0.423 e. The van der Waals surface area contributed by atoms with Crippen LogP contribution in [0.15, 0.2) is 24.3 Å². The van der Waals surface area contributed by atoms with Crippen molar-refractivity contribution in [3.8, 4) is 6.07 Å². The molecule has 0 atom stereocenters. The van der Waals surface area contributed by atoms with Crippen LogP contribution in [-0.2, 0) is 4.65 Å². The minimum Gasteiger partial charge on any atom is -0.423 e. The fourth-order valence-corrected chi connectivity index (χ4v) is 1.08. The van der Waals surface area contributed by atoms with Gasteiger partial charge in [0, 0.05) is 13.2 Å². The highest BCUT2D eigenvalue weighted by Gasteiger charge is 2.15. The number of hydrogen-bond donors (Lipinski definition) is 2. The van der Waals surface area contributed by atoms with Gasteiger partial charge >= 0.3 is 7.12 Å². The minimum atomic E-state index is -0.996. The van der Waals surface area contributed by atoms with Crippen molar-refractivity contribution in [2.75, 3.05) is 13.2 Å². The molecule has 0 unspecified atom stereocenters. The van der Waals surface area contributed by atoms with E-state index in [-0.39, 0.29) is 6.61 Å². The first-order chi connectivity index (χ1) is 7.27. The maximum absolute atomic E-state index is 9.52. The Morgan fingerprint density at radius 1 is 1.33 bits per heavy atom. The van der Waals surface area contributed by atoms with E-state index in [4.69, 9.17) is 15.0 Å². The van der Waals surface area contributed by atoms with Crippen LogP contribution in [0.2, 0.25) is 0 Å². The first kappa shape index (κ1) is 11.7. The number of aliphatic hydroxyl groups excluding tert-OH is 1. The van der Waals surface area contributed by atoms with Crippen LogP contribution in [0.3, 0.4) is 0 Å². The van der Waals surface area contributed by atoms with Crippen molar-refractivity contribution >= 4 is 12.6 Å². The summed E-state index contributed by atoms with van der Waals surface area (Å²) in [5.41, 5.74) is 1.15. The normalized spacial score (nSPS) is 9.67. The summed E-state index contributed by atoms with van der Waals surface area (Å²) in [5.74, 6) is 0. The predicted molar refractivity (Wildman–Crippen MR) is 56.4 cm³/mol. The Hall–Kier alpha value is -1.35. The maximum atomic E-state index is 9.52. The van der Waals surface area contributed by atoms with Crippen LogP contribution in [0.25, 0.3) is 0 Å². The van der Waals surface area contributed by atoms with Gasteiger partial charge in [-0.2, -0.15) is 5.26 Å². The Morgan fingerprint density at radius 3 is 2.53 bits per heavy atom. The van der Waals surface area contributed by atoms with E-state index in [1.54, 1.807) is 24.3 Å². The average Bonchev–Trinajstić information content (AvgIpc) is 2.29. The molecule has 0 radical (unpaired) electrons. The first-order valence-corrected chi connectivity index (χ1v) is 4.68. The van der Waals surface area contributed by atoms with Crippen LogP contribution in [0.4, 0.5) is 0 Å². The fourth-order valence-electron chi connectivity index (χ4n) is 1.08. The van der Waals surface area contributed by atoms with Gasteiger partial charge in [0.05, 0.1) is 11.6 Å². The second kappa shape index (κ2) is 6.20. The van der Waals surface area contributed by atoms with Crippen LogP contribution in [-0.4, -0.2) is 30.5 Å². The van der Waals surface area contributed by atoms with Gasteiger partial charge in [-0.15, -0.1) is 0 Å². The number of hydrogen-bond acceptors (Lipinski definition) is 4. The molecule has 0 aliphatic carbocycles. The third-order valence-corrected chi connectivity index (χ3v) is 1.90. The highest BCUT2D eigenvalue weighted by molar-refractivity contribution is 6.59. The van der Waals surface area contributed by atoms with E-state index in [2.05, 4.69) is 0 Å². The molecular weight excluding hydrogens is 193 g/mol. The molecule has 0 aliphatic heterocycles. The Labute approximate surface area is 88.9 Å². The van der Waals surface area contributed by atoms with Crippen LogP contribution in [0, 0.1) is 11.3 Å². The van der Waals surface area contributed by atoms with Crippen molar-refractivity contribution < 1.29 is 14.8 Å². The molecule has 78 valence electrons. The zero-order chi connectivity index (χ0) is 11.1. The van der Waals surface area contributed by atoms with Crippen LogP contribution < -0.4 is 5.46 Å². The lowest BCUT2D eigenvalue weighted by molar-refractivity contribution is 0.216. The van der Waals surface area contributed by atoms with E-state index in [0.29, 0.717) is 24.1 Å². The Morgan fingerprint density at radius 2 is 2.00 bits per heavy atom. The second-order valence-electron chi connectivity index (χ2n) is 3.03. The van der Waals surface area contributed by atoms with E-state index in [0.717, 1.165) is 0 Å². The number of aliphatic hydroxyl groups is 1. The molecule has 0 spiro atoms. The molecule has 1 aromatic carbocycles. The lowest BCUT2D eigenvalue weighted by Gasteiger charge is -2.07. The number of nitriles is 1. The van der Waals surface area contributed by atoms with Crippen molar-refractivity contribution in [3.05, 3.63) is 29.8 Å². The van der Waals surface area contributed by atoms with Gasteiger partial charge in [-0.25, -0.2) is 0 Å². The SMILES string of the molecule is N#Cc1ccc(B(O)OCCCO)cc1. The van der Waals surface area contributed by atoms with E-state index in [9.17, 15) is 5.02 Å². The fraction of sp³-hybridized carbons (Fsp3) is 0.300. The highest BCUT2D eigenvalue weighted by atomic mass is 16.5. The summed E-state index contributed by atoms with van der Waals surface area (Å²) in [7, 11) is -0.996. The van der Waals surface area contributed by atoms with Gasteiger partial charge in [-0.3, -0.25) is 0 Å². The second-order valence-corrected chi connectivity index (χ2v) is 3.03. The standard InChI is InChI=1S/C10H12BNO3/c12-8-9-2-4-10(5-3-9)11(14)15-7-1-6-13/h2-5,13-14H,1,6-7H2. The summed E-state index contributed by atoms with van der Waals surface area (Å²) in [6.45, 7) is 0.345. The molecule has 5 heteroatoms. The molecule has 2 N–H and O–H groups in total. The summed E-state index contributed by atoms with van der Waals surface area (Å²) < 4.78 is 5.05. The third kappa shape index (κ3) is 3.72. The van der Waals surface area contributed by atoms with Crippen molar-refractivity contribution in [1.29, 1.82) is 5.26 Å². The summed E-state index contributed by atoms with van der Waals surface area (Å²) in [4.78, 5) is 0. The lowest BCUT2D eigenvalue weighted by Crippen LogP contribution is -2.33. The Balaban J connectivity index is 2.51. The summed E-state index contributed by atoms with van der Waals surface area (Å²) >= 11 is 0. The quantitative estimate of drug-likeness (QED) is 0.508. The summed E-state index contributed by atoms with van der Waals surface area (Å²) in [6.07, 6.45) is 0.493. The van der Waals surface area contributed by atoms with Crippen LogP contribution in [0.5, 0.6) is 0 Å². The Kier molecular flexibility index (Phi) is 4.85. The molecule has 1 aromatic rings. The van der Waals surface area contributed by atoms with Gasteiger partial charge in [0.15, 0.2) is 0 Å². The van der Waals surface area contributed by atoms with Crippen molar-refractivity contribution in [3.63, 3.8) is 0 Å².